The lowest BCUT2D eigenvalue weighted by atomic mass is 9.98. The molecule has 1 atom stereocenters. The highest BCUT2D eigenvalue weighted by Gasteiger charge is 2.33. The molecule has 1 amide bonds. The number of hydrogen-bond donors (Lipinski definition) is 1. The monoisotopic (exact) mass is 420 g/mol. The van der Waals surface area contributed by atoms with E-state index in [2.05, 4.69) is 5.32 Å². The van der Waals surface area contributed by atoms with Crippen LogP contribution < -0.4 is 5.32 Å². The molecule has 2 aromatic rings. The number of rotatable bonds is 4. The van der Waals surface area contributed by atoms with Crippen LogP contribution in [-0.4, -0.2) is 31.7 Å². The molecule has 28 heavy (non-hydrogen) atoms. The SMILES string of the molecule is Cc1ccc(NC(=O)C2CCCN(S(=O)(=O)c3ccc(C)c(Cl)c3)C2)c(C)c1. The molecule has 1 N–H and O–H groups in total. The topological polar surface area (TPSA) is 66.5 Å². The third-order valence-corrected chi connectivity index (χ3v) is 7.44. The van der Waals surface area contributed by atoms with Crippen LogP contribution in [0.25, 0.3) is 0 Å². The van der Waals surface area contributed by atoms with E-state index in [0.29, 0.717) is 24.4 Å². The van der Waals surface area contributed by atoms with E-state index in [1.165, 1.54) is 10.4 Å². The minimum atomic E-state index is -3.69. The van der Waals surface area contributed by atoms with Crippen molar-refractivity contribution in [3.05, 3.63) is 58.1 Å². The average Bonchev–Trinajstić information content (AvgIpc) is 2.66. The summed E-state index contributed by atoms with van der Waals surface area (Å²) < 4.78 is 27.4. The van der Waals surface area contributed by atoms with E-state index in [-0.39, 0.29) is 23.3 Å². The van der Waals surface area contributed by atoms with Crippen molar-refractivity contribution < 1.29 is 13.2 Å². The Kier molecular flexibility index (Phi) is 6.12. The van der Waals surface area contributed by atoms with E-state index < -0.39 is 10.0 Å². The van der Waals surface area contributed by atoms with Crippen molar-refractivity contribution in [1.29, 1.82) is 0 Å². The molecule has 0 radical (unpaired) electrons. The lowest BCUT2D eigenvalue weighted by Gasteiger charge is -2.31. The van der Waals surface area contributed by atoms with Crippen molar-refractivity contribution in [3.8, 4) is 0 Å². The van der Waals surface area contributed by atoms with Crippen molar-refractivity contribution in [2.24, 2.45) is 5.92 Å². The Morgan fingerprint density at radius 1 is 1.11 bits per heavy atom. The molecule has 2 aromatic carbocycles. The molecule has 7 heteroatoms. The largest absolute Gasteiger partial charge is 0.326 e. The van der Waals surface area contributed by atoms with Crippen molar-refractivity contribution in [1.82, 2.24) is 4.31 Å². The van der Waals surface area contributed by atoms with Gasteiger partial charge in [0.25, 0.3) is 0 Å². The third kappa shape index (κ3) is 4.40. The number of benzene rings is 2. The lowest BCUT2D eigenvalue weighted by Crippen LogP contribution is -2.43. The minimum absolute atomic E-state index is 0.145. The van der Waals surface area contributed by atoms with Crippen LogP contribution in [0.5, 0.6) is 0 Å². The molecule has 1 saturated heterocycles. The second-order valence-electron chi connectivity index (χ2n) is 7.42. The predicted molar refractivity (Wildman–Crippen MR) is 112 cm³/mol. The number of nitrogens with one attached hydrogen (secondary N) is 1. The number of carbonyl (C=O) groups excluding carboxylic acids is 1. The van der Waals surface area contributed by atoms with Gasteiger partial charge in [-0.2, -0.15) is 4.31 Å². The number of carbonyl (C=O) groups is 1. The first-order chi connectivity index (χ1) is 13.2. The first-order valence-electron chi connectivity index (χ1n) is 9.33. The van der Waals surface area contributed by atoms with Crippen LogP contribution in [0.1, 0.15) is 29.5 Å². The fourth-order valence-electron chi connectivity index (χ4n) is 3.45. The highest BCUT2D eigenvalue weighted by Crippen LogP contribution is 2.27. The van der Waals surface area contributed by atoms with Gasteiger partial charge in [0.05, 0.1) is 10.8 Å². The predicted octanol–water partition coefficient (Wildman–Crippen LogP) is 4.30. The van der Waals surface area contributed by atoms with E-state index in [0.717, 1.165) is 22.4 Å². The van der Waals surface area contributed by atoms with Gasteiger partial charge < -0.3 is 5.32 Å². The van der Waals surface area contributed by atoms with E-state index in [9.17, 15) is 13.2 Å². The molecule has 0 spiro atoms. The number of sulfonamides is 1. The van der Waals surface area contributed by atoms with Crippen LogP contribution >= 0.6 is 11.6 Å². The molecule has 0 saturated carbocycles. The molecule has 3 rings (SSSR count). The minimum Gasteiger partial charge on any atom is -0.326 e. The molecule has 1 unspecified atom stereocenters. The third-order valence-electron chi connectivity index (χ3n) is 5.18. The van der Waals surface area contributed by atoms with Crippen LogP contribution in [0.4, 0.5) is 5.69 Å². The maximum absolute atomic E-state index is 13.0. The summed E-state index contributed by atoms with van der Waals surface area (Å²) >= 11 is 6.11. The number of aryl methyl sites for hydroxylation is 3. The first kappa shape index (κ1) is 20.8. The summed E-state index contributed by atoms with van der Waals surface area (Å²) in [6, 6.07) is 10.6. The van der Waals surface area contributed by atoms with Gasteiger partial charge in [0.1, 0.15) is 0 Å². The van der Waals surface area contributed by atoms with Crippen molar-refractivity contribution >= 4 is 33.2 Å². The maximum Gasteiger partial charge on any atom is 0.243 e. The van der Waals surface area contributed by atoms with Gasteiger partial charge in [-0.05, 0) is 62.9 Å². The van der Waals surface area contributed by atoms with Crippen molar-refractivity contribution in [3.63, 3.8) is 0 Å². The average molecular weight is 421 g/mol. The van der Waals surface area contributed by atoms with Gasteiger partial charge in [0.2, 0.25) is 15.9 Å². The second kappa shape index (κ2) is 8.23. The number of anilines is 1. The van der Waals surface area contributed by atoms with Crippen LogP contribution in [0.2, 0.25) is 5.02 Å². The molecular formula is C21H25ClN2O3S. The van der Waals surface area contributed by atoms with Crippen molar-refractivity contribution in [2.45, 2.75) is 38.5 Å². The molecule has 0 aromatic heterocycles. The van der Waals surface area contributed by atoms with Crippen molar-refractivity contribution in [2.75, 3.05) is 18.4 Å². The smallest absolute Gasteiger partial charge is 0.243 e. The van der Waals surface area contributed by atoms with Crippen LogP contribution in [-0.2, 0) is 14.8 Å². The Bertz CT molecular complexity index is 1000. The number of nitrogens with zero attached hydrogens (tertiary/aromatic N) is 1. The Hall–Kier alpha value is -1.89. The Labute approximate surface area is 171 Å². The Morgan fingerprint density at radius 3 is 2.54 bits per heavy atom. The molecule has 1 fully saturated rings. The molecule has 0 bridgehead atoms. The van der Waals surface area contributed by atoms with Gasteiger partial charge in [-0.1, -0.05) is 35.4 Å². The van der Waals surface area contributed by atoms with Crippen LogP contribution in [0, 0.1) is 26.7 Å². The van der Waals surface area contributed by atoms with E-state index in [4.69, 9.17) is 11.6 Å². The molecule has 1 heterocycles. The van der Waals surface area contributed by atoms with Gasteiger partial charge in [-0.3, -0.25) is 4.79 Å². The highest BCUT2D eigenvalue weighted by atomic mass is 35.5. The molecular weight excluding hydrogens is 396 g/mol. The fraction of sp³-hybridized carbons (Fsp3) is 0.381. The molecule has 0 aliphatic carbocycles. The van der Waals surface area contributed by atoms with Gasteiger partial charge >= 0.3 is 0 Å². The maximum atomic E-state index is 13.0. The van der Waals surface area contributed by atoms with Crippen LogP contribution in [0.15, 0.2) is 41.3 Å². The lowest BCUT2D eigenvalue weighted by molar-refractivity contribution is -0.120. The Morgan fingerprint density at radius 2 is 1.86 bits per heavy atom. The zero-order chi connectivity index (χ0) is 20.5. The van der Waals surface area contributed by atoms with Gasteiger partial charge in [-0.25, -0.2) is 8.42 Å². The van der Waals surface area contributed by atoms with Gasteiger partial charge in [0.15, 0.2) is 0 Å². The van der Waals surface area contributed by atoms with Gasteiger partial charge in [-0.15, -0.1) is 0 Å². The van der Waals surface area contributed by atoms with Crippen LogP contribution in [0.3, 0.4) is 0 Å². The summed E-state index contributed by atoms with van der Waals surface area (Å²) in [6.07, 6.45) is 1.31. The first-order valence-corrected chi connectivity index (χ1v) is 11.1. The summed E-state index contributed by atoms with van der Waals surface area (Å²) in [5.41, 5.74) is 3.70. The summed E-state index contributed by atoms with van der Waals surface area (Å²) in [7, 11) is -3.69. The summed E-state index contributed by atoms with van der Waals surface area (Å²) in [5.74, 6) is -0.529. The standard InChI is InChI=1S/C21H25ClN2O3S/c1-14-6-9-20(16(3)11-14)23-21(25)17-5-4-10-24(13-17)28(26,27)18-8-7-15(2)19(22)12-18/h6-9,11-12,17H,4-5,10,13H2,1-3H3,(H,23,25). The zero-order valence-electron chi connectivity index (χ0n) is 16.3. The number of amides is 1. The Balaban J connectivity index is 1.75. The van der Waals surface area contributed by atoms with Gasteiger partial charge in [0, 0.05) is 23.8 Å². The number of halogens is 1. The molecule has 1 aliphatic heterocycles. The quantitative estimate of drug-likeness (QED) is 0.801. The highest BCUT2D eigenvalue weighted by molar-refractivity contribution is 7.89. The summed E-state index contributed by atoms with van der Waals surface area (Å²) in [4.78, 5) is 12.9. The fourth-order valence-corrected chi connectivity index (χ4v) is 5.24. The van der Waals surface area contributed by atoms with E-state index >= 15 is 0 Å². The number of hydrogen-bond acceptors (Lipinski definition) is 3. The second-order valence-corrected chi connectivity index (χ2v) is 9.77. The molecule has 150 valence electrons. The summed E-state index contributed by atoms with van der Waals surface area (Å²) in [6.45, 7) is 6.35. The summed E-state index contributed by atoms with van der Waals surface area (Å²) in [5, 5.41) is 3.37. The molecule has 5 nitrogen and oxygen atoms in total. The normalized spacial score (nSPS) is 18.1. The van der Waals surface area contributed by atoms with E-state index in [1.807, 2.05) is 39.0 Å². The van der Waals surface area contributed by atoms with E-state index in [1.54, 1.807) is 12.1 Å². The number of piperidine rings is 1. The zero-order valence-corrected chi connectivity index (χ0v) is 17.9. The molecule has 1 aliphatic rings.